The average molecular weight is 437 g/mol. The number of amides is 2. The average Bonchev–Trinajstić information content (AvgIpc) is 3.63. The molecule has 2 aromatic carbocycles. The fourth-order valence-corrected chi connectivity index (χ4v) is 4.22. The van der Waals surface area contributed by atoms with Crippen molar-refractivity contribution in [1.29, 1.82) is 0 Å². The number of hydrogen-bond acceptors (Lipinski definition) is 4. The van der Waals surface area contributed by atoms with E-state index in [0.29, 0.717) is 31.7 Å². The normalized spacial score (nSPS) is 22.8. The van der Waals surface area contributed by atoms with Crippen LogP contribution in [0.15, 0.2) is 54.6 Å². The van der Waals surface area contributed by atoms with E-state index in [1.54, 1.807) is 0 Å². The number of ether oxygens (including phenoxy) is 1. The Bertz CT molecular complexity index is 896. The number of hydrogen-bond donors (Lipinski definition) is 3. The van der Waals surface area contributed by atoms with Crippen LogP contribution in [0.4, 0.5) is 0 Å². The number of nitrogens with one attached hydrogen (secondary N) is 2. The van der Waals surface area contributed by atoms with E-state index in [-0.39, 0.29) is 37.0 Å². The van der Waals surface area contributed by atoms with Crippen molar-refractivity contribution in [2.75, 3.05) is 6.61 Å². The molecule has 1 saturated carbocycles. The van der Waals surface area contributed by atoms with Crippen LogP contribution in [0.25, 0.3) is 11.1 Å². The van der Waals surface area contributed by atoms with Gasteiger partial charge in [-0.3, -0.25) is 9.59 Å². The van der Waals surface area contributed by atoms with Crippen LogP contribution in [0.5, 0.6) is 0 Å². The summed E-state index contributed by atoms with van der Waals surface area (Å²) in [5.74, 6) is 0.488. The van der Waals surface area contributed by atoms with Crippen molar-refractivity contribution < 1.29 is 19.4 Å². The Morgan fingerprint density at radius 1 is 0.875 bits per heavy atom. The van der Waals surface area contributed by atoms with Crippen molar-refractivity contribution in [1.82, 2.24) is 10.6 Å². The number of aliphatic hydroxyl groups is 1. The minimum atomic E-state index is -0.463. The van der Waals surface area contributed by atoms with Gasteiger partial charge in [0.05, 0.1) is 25.2 Å². The highest BCUT2D eigenvalue weighted by Gasteiger charge is 2.34. The summed E-state index contributed by atoms with van der Waals surface area (Å²) in [5, 5.41) is 15.7. The zero-order valence-corrected chi connectivity index (χ0v) is 18.3. The van der Waals surface area contributed by atoms with Gasteiger partial charge in [0.1, 0.15) is 6.10 Å². The number of aliphatic hydroxyl groups excluding tert-OH is 1. The first-order valence-electron chi connectivity index (χ1n) is 11.6. The summed E-state index contributed by atoms with van der Waals surface area (Å²) in [7, 11) is 0. The second-order valence-corrected chi connectivity index (χ2v) is 8.92. The molecular weight excluding hydrogens is 404 g/mol. The molecule has 32 heavy (non-hydrogen) atoms. The monoisotopic (exact) mass is 436 g/mol. The van der Waals surface area contributed by atoms with E-state index in [1.165, 1.54) is 0 Å². The number of carbonyl (C=O) groups excluding carboxylic acids is 2. The zero-order chi connectivity index (χ0) is 22.3. The maximum atomic E-state index is 12.4. The quantitative estimate of drug-likeness (QED) is 0.563. The number of carbonyl (C=O) groups is 2. The Morgan fingerprint density at radius 2 is 1.59 bits per heavy atom. The standard InChI is InChI=1S/C26H32N2O4/c29-17-24-23(28-26(31)14-18-6-7-18)13-12-22(32-24)15-25(30)27-16-19-8-10-21(11-9-19)20-4-2-1-3-5-20/h1-5,8-11,18,22-24,29H,6-7,12-17H2,(H,27,30)(H,28,31)/t22-,23+,24-/m0/s1. The third-order valence-electron chi connectivity index (χ3n) is 6.28. The molecule has 2 aromatic rings. The molecule has 170 valence electrons. The van der Waals surface area contributed by atoms with Crippen molar-refractivity contribution >= 4 is 11.8 Å². The molecule has 0 bridgehead atoms. The molecule has 2 aliphatic rings. The zero-order valence-electron chi connectivity index (χ0n) is 18.3. The highest BCUT2D eigenvalue weighted by atomic mass is 16.5. The van der Waals surface area contributed by atoms with Gasteiger partial charge in [-0.15, -0.1) is 0 Å². The molecule has 0 aromatic heterocycles. The Hall–Kier alpha value is -2.70. The van der Waals surface area contributed by atoms with Crippen LogP contribution in [-0.4, -0.2) is 41.8 Å². The summed E-state index contributed by atoms with van der Waals surface area (Å²) < 4.78 is 5.93. The second kappa shape index (κ2) is 10.7. The fraction of sp³-hybridized carbons (Fsp3) is 0.462. The number of rotatable bonds is 9. The highest BCUT2D eigenvalue weighted by Crippen LogP contribution is 2.32. The lowest BCUT2D eigenvalue weighted by atomic mass is 9.96. The second-order valence-electron chi connectivity index (χ2n) is 8.92. The van der Waals surface area contributed by atoms with Gasteiger partial charge in [0.2, 0.25) is 11.8 Å². The van der Waals surface area contributed by atoms with Crippen molar-refractivity contribution in [3.8, 4) is 11.1 Å². The van der Waals surface area contributed by atoms with Gasteiger partial charge in [0.25, 0.3) is 0 Å². The summed E-state index contributed by atoms with van der Waals surface area (Å²) in [6.45, 7) is 0.296. The van der Waals surface area contributed by atoms with Crippen LogP contribution >= 0.6 is 0 Å². The highest BCUT2D eigenvalue weighted by molar-refractivity contribution is 5.77. The number of benzene rings is 2. The molecule has 6 heteroatoms. The predicted molar refractivity (Wildman–Crippen MR) is 123 cm³/mol. The van der Waals surface area contributed by atoms with Crippen LogP contribution in [0.2, 0.25) is 0 Å². The summed E-state index contributed by atoms with van der Waals surface area (Å²) >= 11 is 0. The maximum absolute atomic E-state index is 12.4. The SMILES string of the molecule is O=C(C[C@@H]1CC[C@@H](NC(=O)CC2CC2)[C@H](CO)O1)NCc1ccc(-c2ccccc2)cc1. The van der Waals surface area contributed by atoms with Crippen molar-refractivity contribution in [2.45, 2.75) is 63.3 Å². The molecule has 1 saturated heterocycles. The first kappa shape index (κ1) is 22.5. The van der Waals surface area contributed by atoms with Gasteiger partial charge < -0.3 is 20.5 Å². The summed E-state index contributed by atoms with van der Waals surface area (Å²) in [4.78, 5) is 24.5. The van der Waals surface area contributed by atoms with Crippen LogP contribution in [-0.2, 0) is 20.9 Å². The molecular formula is C26H32N2O4. The Morgan fingerprint density at radius 3 is 2.28 bits per heavy atom. The molecule has 2 amide bonds. The molecule has 4 rings (SSSR count). The molecule has 3 N–H and O–H groups in total. The Balaban J connectivity index is 1.20. The van der Waals surface area contributed by atoms with Gasteiger partial charge in [0.15, 0.2) is 0 Å². The molecule has 3 atom stereocenters. The van der Waals surface area contributed by atoms with Gasteiger partial charge in [-0.05, 0) is 48.3 Å². The van der Waals surface area contributed by atoms with Crippen LogP contribution < -0.4 is 10.6 Å². The molecule has 0 unspecified atom stereocenters. The molecule has 2 fully saturated rings. The van der Waals surface area contributed by atoms with E-state index >= 15 is 0 Å². The first-order chi connectivity index (χ1) is 15.6. The van der Waals surface area contributed by atoms with E-state index in [0.717, 1.165) is 29.5 Å². The lowest BCUT2D eigenvalue weighted by Gasteiger charge is -2.36. The minimum Gasteiger partial charge on any atom is -0.394 e. The van der Waals surface area contributed by atoms with Gasteiger partial charge in [0, 0.05) is 13.0 Å². The van der Waals surface area contributed by atoms with E-state index in [2.05, 4.69) is 34.9 Å². The first-order valence-corrected chi connectivity index (χ1v) is 11.6. The lowest BCUT2D eigenvalue weighted by molar-refractivity contribution is -0.136. The largest absolute Gasteiger partial charge is 0.394 e. The van der Waals surface area contributed by atoms with Gasteiger partial charge in [-0.2, -0.15) is 0 Å². The Kier molecular flexibility index (Phi) is 7.55. The molecule has 0 spiro atoms. The molecule has 0 radical (unpaired) electrons. The van der Waals surface area contributed by atoms with Crippen molar-refractivity contribution in [2.24, 2.45) is 5.92 Å². The van der Waals surface area contributed by atoms with E-state index in [9.17, 15) is 14.7 Å². The molecule has 6 nitrogen and oxygen atoms in total. The smallest absolute Gasteiger partial charge is 0.222 e. The molecule has 1 heterocycles. The van der Waals surface area contributed by atoms with E-state index < -0.39 is 6.10 Å². The molecule has 1 aliphatic carbocycles. The topological polar surface area (TPSA) is 87.7 Å². The third-order valence-corrected chi connectivity index (χ3v) is 6.28. The Labute approximate surface area is 189 Å². The van der Waals surface area contributed by atoms with Crippen molar-refractivity contribution in [3.63, 3.8) is 0 Å². The van der Waals surface area contributed by atoms with Crippen LogP contribution in [0, 0.1) is 5.92 Å². The fourth-order valence-electron chi connectivity index (χ4n) is 4.22. The van der Waals surface area contributed by atoms with Crippen LogP contribution in [0.3, 0.4) is 0 Å². The summed E-state index contributed by atoms with van der Waals surface area (Å²) in [6, 6.07) is 18.2. The van der Waals surface area contributed by atoms with Gasteiger partial charge in [-0.25, -0.2) is 0 Å². The summed E-state index contributed by atoms with van der Waals surface area (Å²) in [6.07, 6.45) is 3.76. The predicted octanol–water partition coefficient (Wildman–Crippen LogP) is 3.18. The van der Waals surface area contributed by atoms with Gasteiger partial charge >= 0.3 is 0 Å². The van der Waals surface area contributed by atoms with E-state index in [4.69, 9.17) is 4.74 Å². The lowest BCUT2D eigenvalue weighted by Crippen LogP contribution is -2.51. The van der Waals surface area contributed by atoms with Crippen LogP contribution in [0.1, 0.15) is 44.1 Å². The van der Waals surface area contributed by atoms with Gasteiger partial charge in [-0.1, -0.05) is 54.6 Å². The van der Waals surface area contributed by atoms with E-state index in [1.807, 2.05) is 30.3 Å². The minimum absolute atomic E-state index is 0.0361. The molecule has 1 aliphatic heterocycles. The van der Waals surface area contributed by atoms with Crippen molar-refractivity contribution in [3.05, 3.63) is 60.2 Å². The summed E-state index contributed by atoms with van der Waals surface area (Å²) in [5.41, 5.74) is 3.34. The maximum Gasteiger partial charge on any atom is 0.222 e. The third kappa shape index (κ3) is 6.40.